The van der Waals surface area contributed by atoms with E-state index in [2.05, 4.69) is 5.10 Å². The predicted octanol–water partition coefficient (Wildman–Crippen LogP) is 0.686. The van der Waals surface area contributed by atoms with Gasteiger partial charge in [-0.25, -0.2) is 8.42 Å². The van der Waals surface area contributed by atoms with Crippen molar-refractivity contribution in [2.24, 2.45) is 0 Å². The van der Waals surface area contributed by atoms with Crippen LogP contribution in [0.3, 0.4) is 0 Å². The quantitative estimate of drug-likeness (QED) is 0.751. The summed E-state index contributed by atoms with van der Waals surface area (Å²) < 4.78 is 23.9. The molecule has 4 nitrogen and oxygen atoms in total. The lowest BCUT2D eigenvalue weighted by Gasteiger charge is -1.97. The molecule has 0 saturated carbocycles. The lowest BCUT2D eigenvalue weighted by Crippen LogP contribution is -2.15. The van der Waals surface area contributed by atoms with E-state index in [0.717, 1.165) is 4.09 Å². The first kappa shape index (κ1) is 8.98. The van der Waals surface area contributed by atoms with Gasteiger partial charge in [-0.05, 0) is 35.6 Å². The van der Waals surface area contributed by atoms with Gasteiger partial charge in [0, 0.05) is 6.20 Å². The lowest BCUT2D eigenvalue weighted by molar-refractivity contribution is 0.581. The highest BCUT2D eigenvalue weighted by Gasteiger charge is 2.09. The molecule has 1 rings (SSSR count). The smallest absolute Gasteiger partial charge is 0.205 e. The molecule has 0 saturated heterocycles. The van der Waals surface area contributed by atoms with Crippen LogP contribution >= 0.6 is 22.6 Å². The predicted molar refractivity (Wildman–Crippen MR) is 49.8 cm³/mol. The van der Waals surface area contributed by atoms with Gasteiger partial charge in [0.15, 0.2) is 0 Å². The first-order valence-corrected chi connectivity index (χ1v) is 5.69. The highest BCUT2D eigenvalue weighted by Crippen LogP contribution is 2.02. The molecule has 0 atom stereocenters. The molecule has 0 fully saturated rings. The van der Waals surface area contributed by atoms with E-state index in [1.54, 1.807) is 13.0 Å². The third-order valence-corrected chi connectivity index (χ3v) is 3.26. The Labute approximate surface area is 78.8 Å². The monoisotopic (exact) mass is 286 g/mol. The van der Waals surface area contributed by atoms with Crippen molar-refractivity contribution in [2.75, 3.05) is 5.75 Å². The molecular formula is C5H7IN2O2S. The highest BCUT2D eigenvalue weighted by molar-refractivity contribution is 14.1. The van der Waals surface area contributed by atoms with Crippen molar-refractivity contribution >= 4 is 32.6 Å². The summed E-state index contributed by atoms with van der Waals surface area (Å²) in [6.45, 7) is 1.59. The average molecular weight is 286 g/mol. The summed E-state index contributed by atoms with van der Waals surface area (Å²) >= 11 is 1.96. The molecule has 0 unspecified atom stereocenters. The Bertz CT molecular complexity index is 343. The van der Waals surface area contributed by atoms with Crippen molar-refractivity contribution in [3.05, 3.63) is 16.0 Å². The second-order valence-corrected chi connectivity index (χ2v) is 5.13. The Morgan fingerprint density at radius 1 is 1.73 bits per heavy atom. The van der Waals surface area contributed by atoms with Crippen molar-refractivity contribution in [3.63, 3.8) is 0 Å². The summed E-state index contributed by atoms with van der Waals surface area (Å²) in [7, 11) is -3.18. The number of rotatable bonds is 2. The van der Waals surface area contributed by atoms with Gasteiger partial charge in [-0.2, -0.15) is 9.19 Å². The van der Waals surface area contributed by atoms with E-state index in [4.69, 9.17) is 0 Å². The maximum atomic E-state index is 11.1. The molecule has 1 heterocycles. The lowest BCUT2D eigenvalue weighted by atomic mass is 10.8. The molecule has 0 radical (unpaired) electrons. The minimum atomic E-state index is -3.18. The van der Waals surface area contributed by atoms with Crippen LogP contribution in [0.15, 0.2) is 12.3 Å². The zero-order chi connectivity index (χ0) is 8.48. The SMILES string of the molecule is CCS(=O)(=O)n1ccc(I)n1. The molecule has 0 bridgehead atoms. The summed E-state index contributed by atoms with van der Waals surface area (Å²) in [5.41, 5.74) is 0. The molecule has 0 amide bonds. The summed E-state index contributed by atoms with van der Waals surface area (Å²) in [6.07, 6.45) is 1.45. The van der Waals surface area contributed by atoms with Gasteiger partial charge in [0.1, 0.15) is 3.70 Å². The third kappa shape index (κ3) is 1.92. The van der Waals surface area contributed by atoms with Crippen molar-refractivity contribution in [3.8, 4) is 0 Å². The van der Waals surface area contributed by atoms with E-state index in [-0.39, 0.29) is 5.75 Å². The number of halogens is 1. The summed E-state index contributed by atoms with van der Waals surface area (Å²) in [4.78, 5) is 0. The number of hydrogen-bond donors (Lipinski definition) is 0. The van der Waals surface area contributed by atoms with E-state index in [1.165, 1.54) is 6.20 Å². The van der Waals surface area contributed by atoms with Crippen molar-refractivity contribution in [2.45, 2.75) is 6.92 Å². The maximum Gasteiger partial charge on any atom is 0.253 e. The summed E-state index contributed by atoms with van der Waals surface area (Å²) in [5, 5.41) is 3.77. The van der Waals surface area contributed by atoms with E-state index in [1.807, 2.05) is 22.6 Å². The number of hydrogen-bond acceptors (Lipinski definition) is 3. The Kier molecular flexibility index (Phi) is 2.53. The first-order chi connectivity index (χ1) is 5.06. The van der Waals surface area contributed by atoms with Crippen LogP contribution in [0.4, 0.5) is 0 Å². The minimum absolute atomic E-state index is 0.0742. The highest BCUT2D eigenvalue weighted by atomic mass is 127. The molecule has 1 aromatic rings. The Hall–Kier alpha value is -0.110. The molecule has 0 aliphatic heterocycles. The Morgan fingerprint density at radius 3 is 2.73 bits per heavy atom. The van der Waals surface area contributed by atoms with Gasteiger partial charge < -0.3 is 0 Å². The van der Waals surface area contributed by atoms with Crippen molar-refractivity contribution < 1.29 is 8.42 Å². The second kappa shape index (κ2) is 3.10. The minimum Gasteiger partial charge on any atom is -0.205 e. The van der Waals surface area contributed by atoms with Gasteiger partial charge in [0.05, 0.1) is 5.75 Å². The summed E-state index contributed by atoms with van der Waals surface area (Å²) in [6, 6.07) is 1.65. The van der Waals surface area contributed by atoms with Gasteiger partial charge in [-0.1, -0.05) is 0 Å². The summed E-state index contributed by atoms with van der Waals surface area (Å²) in [5.74, 6) is 0.0742. The van der Waals surface area contributed by atoms with Crippen LogP contribution in [-0.2, 0) is 10.0 Å². The fourth-order valence-electron chi connectivity index (χ4n) is 0.573. The van der Waals surface area contributed by atoms with E-state index < -0.39 is 10.0 Å². The van der Waals surface area contributed by atoms with E-state index in [0.29, 0.717) is 3.70 Å². The Balaban J connectivity index is 3.13. The Morgan fingerprint density at radius 2 is 2.36 bits per heavy atom. The molecule has 0 spiro atoms. The molecule has 62 valence electrons. The molecule has 0 aliphatic rings. The van der Waals surface area contributed by atoms with Crippen LogP contribution < -0.4 is 0 Å². The molecule has 0 N–H and O–H groups in total. The van der Waals surface area contributed by atoms with Crippen LogP contribution in [0.5, 0.6) is 0 Å². The van der Waals surface area contributed by atoms with Crippen LogP contribution in [-0.4, -0.2) is 23.4 Å². The van der Waals surface area contributed by atoms with Gasteiger partial charge in [-0.15, -0.1) is 0 Å². The van der Waals surface area contributed by atoms with E-state index >= 15 is 0 Å². The standard InChI is InChI=1S/C5H7IN2O2S/c1-2-11(9,10)8-4-3-5(6)7-8/h3-4H,2H2,1H3. The number of nitrogens with zero attached hydrogens (tertiary/aromatic N) is 2. The second-order valence-electron chi connectivity index (χ2n) is 1.91. The molecule has 1 aromatic heterocycles. The van der Waals surface area contributed by atoms with Gasteiger partial charge in [0.25, 0.3) is 10.0 Å². The fraction of sp³-hybridized carbons (Fsp3) is 0.400. The van der Waals surface area contributed by atoms with Crippen molar-refractivity contribution in [1.82, 2.24) is 9.19 Å². The van der Waals surface area contributed by atoms with Crippen LogP contribution in [0.25, 0.3) is 0 Å². The van der Waals surface area contributed by atoms with Gasteiger partial charge in [0.2, 0.25) is 0 Å². The molecule has 11 heavy (non-hydrogen) atoms. The van der Waals surface area contributed by atoms with E-state index in [9.17, 15) is 8.42 Å². The third-order valence-electron chi connectivity index (χ3n) is 1.18. The van der Waals surface area contributed by atoms with Crippen LogP contribution in [0, 0.1) is 3.70 Å². The largest absolute Gasteiger partial charge is 0.253 e. The molecule has 0 aromatic carbocycles. The van der Waals surface area contributed by atoms with Crippen LogP contribution in [0.2, 0.25) is 0 Å². The van der Waals surface area contributed by atoms with Crippen LogP contribution in [0.1, 0.15) is 6.92 Å². The molecule has 6 heteroatoms. The first-order valence-electron chi connectivity index (χ1n) is 3.00. The molecular weight excluding hydrogens is 279 g/mol. The maximum absolute atomic E-state index is 11.1. The average Bonchev–Trinajstić information content (AvgIpc) is 2.36. The van der Waals surface area contributed by atoms with Gasteiger partial charge in [-0.3, -0.25) is 0 Å². The molecule has 0 aliphatic carbocycles. The zero-order valence-corrected chi connectivity index (χ0v) is 8.83. The van der Waals surface area contributed by atoms with Crippen molar-refractivity contribution in [1.29, 1.82) is 0 Å². The fourth-order valence-corrected chi connectivity index (χ4v) is 1.84. The normalized spacial score (nSPS) is 11.8. The topological polar surface area (TPSA) is 52.0 Å². The van der Waals surface area contributed by atoms with Gasteiger partial charge >= 0.3 is 0 Å². The number of aromatic nitrogens is 2. The zero-order valence-electron chi connectivity index (χ0n) is 5.86.